The molecule has 0 spiro atoms. The van der Waals surface area contributed by atoms with Crippen LogP contribution >= 0.6 is 0 Å². The maximum absolute atomic E-state index is 11.5. The number of hydrogen-bond donors (Lipinski definition) is 0. The molecule has 0 aromatic carbocycles. The van der Waals surface area contributed by atoms with E-state index in [1.807, 2.05) is 6.92 Å². The van der Waals surface area contributed by atoms with Gasteiger partial charge in [0.25, 0.3) is 0 Å². The molecular formula is C10H14N2O3. The van der Waals surface area contributed by atoms with Gasteiger partial charge in [0, 0.05) is 6.20 Å². The fourth-order valence-corrected chi connectivity index (χ4v) is 1.28. The molecule has 1 atom stereocenters. The Morgan fingerprint density at radius 1 is 1.67 bits per heavy atom. The van der Waals surface area contributed by atoms with Crippen LogP contribution in [0.25, 0.3) is 0 Å². The summed E-state index contributed by atoms with van der Waals surface area (Å²) in [6.07, 6.45) is 4.24. The maximum atomic E-state index is 11.5. The van der Waals surface area contributed by atoms with Crippen LogP contribution in [0.5, 0.6) is 0 Å². The van der Waals surface area contributed by atoms with E-state index in [1.165, 1.54) is 17.1 Å². The smallest absolute Gasteiger partial charge is 0.330 e. The minimum absolute atomic E-state index is 0.319. The topological polar surface area (TPSA) is 61.2 Å². The van der Waals surface area contributed by atoms with Crippen molar-refractivity contribution in [3.63, 3.8) is 0 Å². The average molecular weight is 210 g/mol. The van der Waals surface area contributed by atoms with Crippen LogP contribution in [0, 0.1) is 0 Å². The van der Waals surface area contributed by atoms with Gasteiger partial charge in [0.1, 0.15) is 6.04 Å². The number of esters is 1. The monoisotopic (exact) mass is 210 g/mol. The number of carbonyl (C=O) groups excluding carboxylic acids is 2. The number of ether oxygens (including phenoxy) is 1. The van der Waals surface area contributed by atoms with Crippen molar-refractivity contribution in [1.82, 2.24) is 9.78 Å². The van der Waals surface area contributed by atoms with E-state index < -0.39 is 6.04 Å². The normalized spacial score (nSPS) is 12.1. The number of hydrogen-bond acceptors (Lipinski definition) is 4. The summed E-state index contributed by atoms with van der Waals surface area (Å²) in [4.78, 5) is 22.0. The Balaban J connectivity index is 2.81. The number of nitrogens with zero attached hydrogens (tertiary/aromatic N) is 2. The number of aromatic nitrogens is 2. The van der Waals surface area contributed by atoms with E-state index in [2.05, 4.69) is 5.10 Å². The van der Waals surface area contributed by atoms with Gasteiger partial charge in [-0.3, -0.25) is 9.48 Å². The summed E-state index contributed by atoms with van der Waals surface area (Å²) in [5.41, 5.74) is 0.456. The number of carbonyl (C=O) groups is 2. The third-order valence-electron chi connectivity index (χ3n) is 2.02. The van der Waals surface area contributed by atoms with Crippen LogP contribution in [0.15, 0.2) is 12.4 Å². The van der Waals surface area contributed by atoms with Crippen LogP contribution in [0.1, 0.15) is 36.7 Å². The minimum Gasteiger partial charge on any atom is -0.464 e. The standard InChI is InChI=1S/C10H14N2O3/c1-3-9(10(14)15-4-2)12-6-8(7-13)5-11-12/h5-7,9H,3-4H2,1-2H3. The predicted octanol–water partition coefficient (Wildman–Crippen LogP) is 1.21. The molecule has 0 aliphatic rings. The lowest BCUT2D eigenvalue weighted by atomic mass is 10.2. The summed E-state index contributed by atoms with van der Waals surface area (Å²) in [6.45, 7) is 3.96. The van der Waals surface area contributed by atoms with E-state index in [0.717, 1.165) is 0 Å². The van der Waals surface area contributed by atoms with E-state index in [-0.39, 0.29) is 5.97 Å². The molecular weight excluding hydrogens is 196 g/mol. The van der Waals surface area contributed by atoms with Crippen molar-refractivity contribution in [2.75, 3.05) is 6.61 Å². The van der Waals surface area contributed by atoms with E-state index in [4.69, 9.17) is 4.74 Å². The Morgan fingerprint density at radius 2 is 2.40 bits per heavy atom. The molecule has 0 radical (unpaired) electrons. The molecule has 1 unspecified atom stereocenters. The zero-order chi connectivity index (χ0) is 11.3. The molecule has 0 N–H and O–H groups in total. The minimum atomic E-state index is -0.446. The predicted molar refractivity (Wildman–Crippen MR) is 53.6 cm³/mol. The molecule has 0 amide bonds. The fourth-order valence-electron chi connectivity index (χ4n) is 1.28. The van der Waals surface area contributed by atoms with Gasteiger partial charge in [-0.15, -0.1) is 0 Å². The molecule has 1 heterocycles. The summed E-state index contributed by atoms with van der Waals surface area (Å²) < 4.78 is 6.36. The second kappa shape index (κ2) is 5.29. The Morgan fingerprint density at radius 3 is 2.87 bits per heavy atom. The number of rotatable bonds is 5. The molecule has 0 bridgehead atoms. The molecule has 0 saturated heterocycles. The van der Waals surface area contributed by atoms with Crippen molar-refractivity contribution < 1.29 is 14.3 Å². The van der Waals surface area contributed by atoms with Gasteiger partial charge in [-0.05, 0) is 13.3 Å². The highest BCUT2D eigenvalue weighted by molar-refractivity contribution is 5.76. The van der Waals surface area contributed by atoms with Crippen molar-refractivity contribution in [1.29, 1.82) is 0 Å². The van der Waals surface area contributed by atoms with Crippen LogP contribution in [-0.4, -0.2) is 28.6 Å². The van der Waals surface area contributed by atoms with E-state index in [1.54, 1.807) is 6.92 Å². The molecule has 0 saturated carbocycles. The largest absolute Gasteiger partial charge is 0.464 e. The molecule has 82 valence electrons. The molecule has 5 heteroatoms. The molecule has 15 heavy (non-hydrogen) atoms. The molecule has 1 rings (SSSR count). The molecule has 1 aromatic rings. The average Bonchev–Trinajstić information content (AvgIpc) is 2.68. The first-order valence-corrected chi connectivity index (χ1v) is 4.88. The van der Waals surface area contributed by atoms with Gasteiger partial charge in [-0.25, -0.2) is 4.79 Å². The van der Waals surface area contributed by atoms with Gasteiger partial charge in [-0.2, -0.15) is 5.10 Å². The van der Waals surface area contributed by atoms with E-state index in [9.17, 15) is 9.59 Å². The Hall–Kier alpha value is -1.65. The third-order valence-corrected chi connectivity index (χ3v) is 2.02. The molecule has 0 fully saturated rings. The van der Waals surface area contributed by atoms with Crippen molar-refractivity contribution >= 4 is 12.3 Å². The lowest BCUT2D eigenvalue weighted by Crippen LogP contribution is -2.21. The highest BCUT2D eigenvalue weighted by atomic mass is 16.5. The highest BCUT2D eigenvalue weighted by Crippen LogP contribution is 2.12. The first kappa shape index (κ1) is 11.4. The summed E-state index contributed by atoms with van der Waals surface area (Å²) in [6, 6.07) is -0.446. The zero-order valence-electron chi connectivity index (χ0n) is 8.84. The Kier molecular flexibility index (Phi) is 4.03. The van der Waals surface area contributed by atoms with Gasteiger partial charge in [0.15, 0.2) is 6.29 Å². The van der Waals surface area contributed by atoms with Crippen LogP contribution < -0.4 is 0 Å². The molecule has 0 aliphatic heterocycles. The van der Waals surface area contributed by atoms with Gasteiger partial charge in [0.05, 0.1) is 18.4 Å². The van der Waals surface area contributed by atoms with Crippen molar-refractivity contribution in [3.05, 3.63) is 18.0 Å². The highest BCUT2D eigenvalue weighted by Gasteiger charge is 2.20. The third kappa shape index (κ3) is 2.65. The van der Waals surface area contributed by atoms with Gasteiger partial charge < -0.3 is 4.74 Å². The Bertz CT molecular complexity index is 346. The molecule has 1 aromatic heterocycles. The first-order chi connectivity index (χ1) is 7.22. The van der Waals surface area contributed by atoms with Crippen molar-refractivity contribution in [3.8, 4) is 0 Å². The van der Waals surface area contributed by atoms with Gasteiger partial charge in [0.2, 0.25) is 0 Å². The summed E-state index contributed by atoms with van der Waals surface area (Å²) in [5, 5.41) is 3.95. The van der Waals surface area contributed by atoms with Crippen LogP contribution in [-0.2, 0) is 9.53 Å². The molecule has 5 nitrogen and oxygen atoms in total. The SMILES string of the molecule is CCOC(=O)C(CC)n1cc(C=O)cn1. The lowest BCUT2D eigenvalue weighted by Gasteiger charge is -2.13. The molecule has 0 aliphatic carbocycles. The second-order valence-electron chi connectivity index (χ2n) is 3.05. The summed E-state index contributed by atoms with van der Waals surface area (Å²) in [5.74, 6) is -0.319. The van der Waals surface area contributed by atoms with Crippen LogP contribution in [0.3, 0.4) is 0 Å². The summed E-state index contributed by atoms with van der Waals surface area (Å²) >= 11 is 0. The number of aldehydes is 1. The van der Waals surface area contributed by atoms with Gasteiger partial charge in [-0.1, -0.05) is 6.92 Å². The summed E-state index contributed by atoms with van der Waals surface area (Å²) in [7, 11) is 0. The second-order valence-corrected chi connectivity index (χ2v) is 3.05. The first-order valence-electron chi connectivity index (χ1n) is 4.88. The van der Waals surface area contributed by atoms with Crippen LogP contribution in [0.2, 0.25) is 0 Å². The van der Waals surface area contributed by atoms with Gasteiger partial charge >= 0.3 is 5.97 Å². The van der Waals surface area contributed by atoms with Crippen molar-refractivity contribution in [2.45, 2.75) is 26.3 Å². The Labute approximate surface area is 88.0 Å². The van der Waals surface area contributed by atoms with Crippen LogP contribution in [0.4, 0.5) is 0 Å². The maximum Gasteiger partial charge on any atom is 0.330 e. The zero-order valence-corrected chi connectivity index (χ0v) is 8.84. The van der Waals surface area contributed by atoms with E-state index in [0.29, 0.717) is 24.9 Å². The van der Waals surface area contributed by atoms with Crippen molar-refractivity contribution in [2.24, 2.45) is 0 Å². The fraction of sp³-hybridized carbons (Fsp3) is 0.500. The lowest BCUT2D eigenvalue weighted by molar-refractivity contribution is -0.147. The van der Waals surface area contributed by atoms with E-state index >= 15 is 0 Å². The quantitative estimate of drug-likeness (QED) is 0.541.